The van der Waals surface area contributed by atoms with E-state index in [-0.39, 0.29) is 18.4 Å². The predicted molar refractivity (Wildman–Crippen MR) is 95.2 cm³/mol. The van der Waals surface area contributed by atoms with Crippen LogP contribution in [0.15, 0.2) is 36.4 Å². The molecule has 2 aromatic rings. The lowest BCUT2D eigenvalue weighted by molar-refractivity contribution is -0.133. The smallest absolute Gasteiger partial charge is 0.227 e. The summed E-state index contributed by atoms with van der Waals surface area (Å²) in [6, 6.07) is 11.7. The second-order valence-corrected chi connectivity index (χ2v) is 6.85. The zero-order valence-electron chi connectivity index (χ0n) is 13.3. The summed E-state index contributed by atoms with van der Waals surface area (Å²) in [6.45, 7) is 4.95. The van der Waals surface area contributed by atoms with Crippen LogP contribution >= 0.6 is 23.2 Å². The molecule has 0 saturated heterocycles. The minimum absolute atomic E-state index is 0.0691. The van der Waals surface area contributed by atoms with Gasteiger partial charge in [-0.2, -0.15) is 0 Å². The van der Waals surface area contributed by atoms with E-state index in [2.05, 4.69) is 32.0 Å². The number of halogens is 2. The van der Waals surface area contributed by atoms with Crippen molar-refractivity contribution in [2.24, 2.45) is 0 Å². The Morgan fingerprint density at radius 1 is 1.17 bits per heavy atom. The number of rotatable bonds is 2. The first-order valence-corrected chi connectivity index (χ1v) is 8.55. The molecule has 4 heteroatoms. The van der Waals surface area contributed by atoms with Crippen molar-refractivity contribution in [2.45, 2.75) is 32.7 Å². The molecular weight excluding hydrogens is 329 g/mol. The normalized spacial score (nSPS) is 17.0. The van der Waals surface area contributed by atoms with Gasteiger partial charge in [0.1, 0.15) is 0 Å². The highest BCUT2D eigenvalue weighted by Crippen LogP contribution is 2.32. The third-order valence-electron chi connectivity index (χ3n) is 4.68. The van der Waals surface area contributed by atoms with E-state index in [9.17, 15) is 4.79 Å². The molecule has 0 fully saturated rings. The van der Waals surface area contributed by atoms with Gasteiger partial charge in [0.05, 0.1) is 12.5 Å². The Morgan fingerprint density at radius 2 is 1.83 bits per heavy atom. The molecule has 1 atom stereocenters. The van der Waals surface area contributed by atoms with Crippen molar-refractivity contribution in [1.82, 2.24) is 4.90 Å². The van der Waals surface area contributed by atoms with Gasteiger partial charge in [0.15, 0.2) is 0 Å². The number of aryl methyl sites for hydroxylation is 1. The number of carbonyl (C=O) groups is 1. The Balaban J connectivity index is 1.84. The second-order valence-electron chi connectivity index (χ2n) is 6.03. The third-order valence-corrected chi connectivity index (χ3v) is 5.39. The average Bonchev–Trinajstić information content (AvgIpc) is 2.52. The lowest BCUT2D eigenvalue weighted by Gasteiger charge is -2.36. The zero-order chi connectivity index (χ0) is 16.6. The van der Waals surface area contributed by atoms with Crippen molar-refractivity contribution >= 4 is 29.1 Å². The van der Waals surface area contributed by atoms with Crippen LogP contribution in [0.2, 0.25) is 10.0 Å². The van der Waals surface area contributed by atoms with E-state index in [1.807, 2.05) is 4.90 Å². The Morgan fingerprint density at radius 3 is 2.52 bits per heavy atom. The van der Waals surface area contributed by atoms with E-state index in [4.69, 9.17) is 23.2 Å². The number of benzene rings is 2. The summed E-state index contributed by atoms with van der Waals surface area (Å²) in [5.41, 5.74) is 4.63. The molecule has 1 aliphatic heterocycles. The van der Waals surface area contributed by atoms with Crippen LogP contribution in [-0.4, -0.2) is 17.4 Å². The number of hydrogen-bond acceptors (Lipinski definition) is 1. The first-order valence-electron chi connectivity index (χ1n) is 7.79. The van der Waals surface area contributed by atoms with Crippen LogP contribution in [-0.2, 0) is 17.6 Å². The summed E-state index contributed by atoms with van der Waals surface area (Å²) >= 11 is 12.4. The molecular formula is C19H19Cl2NO. The van der Waals surface area contributed by atoms with Gasteiger partial charge in [0.2, 0.25) is 5.91 Å². The largest absolute Gasteiger partial charge is 0.335 e. The Kier molecular flexibility index (Phi) is 4.65. The molecule has 1 heterocycles. The lowest BCUT2D eigenvalue weighted by atomic mass is 9.90. The second kappa shape index (κ2) is 6.54. The van der Waals surface area contributed by atoms with Gasteiger partial charge in [-0.15, -0.1) is 0 Å². The summed E-state index contributed by atoms with van der Waals surface area (Å²) in [5, 5.41) is 1.10. The molecule has 3 rings (SSSR count). The molecule has 0 aromatic heterocycles. The average molecular weight is 348 g/mol. The fourth-order valence-electron chi connectivity index (χ4n) is 3.35. The van der Waals surface area contributed by atoms with Gasteiger partial charge in [-0.3, -0.25) is 4.79 Å². The van der Waals surface area contributed by atoms with E-state index in [1.54, 1.807) is 18.2 Å². The van der Waals surface area contributed by atoms with Gasteiger partial charge in [0, 0.05) is 16.6 Å². The van der Waals surface area contributed by atoms with Gasteiger partial charge in [0.25, 0.3) is 0 Å². The maximum absolute atomic E-state index is 12.8. The molecule has 0 aliphatic carbocycles. The SMILES string of the molecule is Cc1cccc2c1CCN(C(=O)Cc1c(Cl)cccc1Cl)C2C. The number of carbonyl (C=O) groups excluding carboxylic acids is 1. The lowest BCUT2D eigenvalue weighted by Crippen LogP contribution is -2.40. The maximum Gasteiger partial charge on any atom is 0.227 e. The van der Waals surface area contributed by atoms with E-state index >= 15 is 0 Å². The van der Waals surface area contributed by atoms with Crippen molar-refractivity contribution in [3.8, 4) is 0 Å². The van der Waals surface area contributed by atoms with Crippen molar-refractivity contribution in [2.75, 3.05) is 6.54 Å². The van der Waals surface area contributed by atoms with Crippen molar-refractivity contribution in [3.05, 3.63) is 68.7 Å². The van der Waals surface area contributed by atoms with Crippen LogP contribution in [0.4, 0.5) is 0 Å². The first kappa shape index (κ1) is 16.4. The summed E-state index contributed by atoms with van der Waals surface area (Å²) in [6.07, 6.45) is 1.14. The topological polar surface area (TPSA) is 20.3 Å². The van der Waals surface area contributed by atoms with Crippen LogP contribution in [0.5, 0.6) is 0 Å². The summed E-state index contributed by atoms with van der Waals surface area (Å²) in [7, 11) is 0. The molecule has 0 radical (unpaired) electrons. The van der Waals surface area contributed by atoms with E-state index in [0.717, 1.165) is 13.0 Å². The maximum atomic E-state index is 12.8. The monoisotopic (exact) mass is 347 g/mol. The molecule has 2 aromatic carbocycles. The highest BCUT2D eigenvalue weighted by molar-refractivity contribution is 6.36. The van der Waals surface area contributed by atoms with Crippen LogP contribution < -0.4 is 0 Å². The molecule has 0 bridgehead atoms. The number of fused-ring (bicyclic) bond motifs is 1. The van der Waals surface area contributed by atoms with Gasteiger partial charge in [-0.1, -0.05) is 47.5 Å². The van der Waals surface area contributed by atoms with Crippen LogP contribution in [0.25, 0.3) is 0 Å². The highest BCUT2D eigenvalue weighted by atomic mass is 35.5. The Bertz CT molecular complexity index is 737. The van der Waals surface area contributed by atoms with Crippen molar-refractivity contribution < 1.29 is 4.79 Å². The van der Waals surface area contributed by atoms with Gasteiger partial charge < -0.3 is 4.90 Å². The molecule has 23 heavy (non-hydrogen) atoms. The Labute approximate surface area is 147 Å². The number of hydrogen-bond donors (Lipinski definition) is 0. The van der Waals surface area contributed by atoms with Crippen molar-refractivity contribution in [1.29, 1.82) is 0 Å². The van der Waals surface area contributed by atoms with Gasteiger partial charge >= 0.3 is 0 Å². The molecule has 0 N–H and O–H groups in total. The van der Waals surface area contributed by atoms with Crippen LogP contribution in [0, 0.1) is 6.92 Å². The molecule has 0 spiro atoms. The summed E-state index contributed by atoms with van der Waals surface area (Å²) < 4.78 is 0. The molecule has 0 saturated carbocycles. The number of nitrogens with zero attached hydrogens (tertiary/aromatic N) is 1. The highest BCUT2D eigenvalue weighted by Gasteiger charge is 2.28. The molecule has 2 nitrogen and oxygen atoms in total. The van der Waals surface area contributed by atoms with E-state index < -0.39 is 0 Å². The third kappa shape index (κ3) is 3.11. The molecule has 120 valence electrons. The first-order chi connectivity index (χ1) is 11.0. The molecule has 1 amide bonds. The van der Waals surface area contributed by atoms with E-state index in [1.165, 1.54) is 16.7 Å². The van der Waals surface area contributed by atoms with Crippen molar-refractivity contribution in [3.63, 3.8) is 0 Å². The molecule has 1 aliphatic rings. The van der Waals surface area contributed by atoms with E-state index in [0.29, 0.717) is 15.6 Å². The van der Waals surface area contributed by atoms with Crippen LogP contribution in [0.1, 0.15) is 35.2 Å². The zero-order valence-corrected chi connectivity index (χ0v) is 14.8. The molecule has 1 unspecified atom stereocenters. The minimum Gasteiger partial charge on any atom is -0.335 e. The fraction of sp³-hybridized carbons (Fsp3) is 0.316. The predicted octanol–water partition coefficient (Wildman–Crippen LogP) is 4.99. The minimum atomic E-state index is 0.0691. The number of amides is 1. The van der Waals surface area contributed by atoms with Gasteiger partial charge in [-0.25, -0.2) is 0 Å². The van der Waals surface area contributed by atoms with Gasteiger partial charge in [-0.05, 0) is 54.7 Å². The summed E-state index contributed by atoms with van der Waals surface area (Å²) in [4.78, 5) is 14.7. The summed E-state index contributed by atoms with van der Waals surface area (Å²) in [5.74, 6) is 0.0691. The quantitative estimate of drug-likeness (QED) is 0.749. The van der Waals surface area contributed by atoms with Crippen LogP contribution in [0.3, 0.4) is 0 Å². The Hall–Kier alpha value is -1.51. The fourth-order valence-corrected chi connectivity index (χ4v) is 3.88. The standard InChI is InChI=1S/C19H19Cl2NO/c1-12-5-3-6-15-13(2)22(10-9-14(12)15)19(23)11-16-17(20)7-4-8-18(16)21/h3-8,13H,9-11H2,1-2H3.